The van der Waals surface area contributed by atoms with Gasteiger partial charge in [-0.2, -0.15) is 0 Å². The van der Waals surface area contributed by atoms with Crippen LogP contribution in [0.25, 0.3) is 23.3 Å². The first-order valence-corrected chi connectivity index (χ1v) is 11.2. The lowest BCUT2D eigenvalue weighted by Crippen LogP contribution is -2.12. The second kappa shape index (κ2) is 9.84. The standard InChI is InChI=1S/C32H25N/c1-4-14-26(15-5-1)24-25-28-18-10-12-22-31(28)33(29-19-8-3-9-20-29)32-23-13-11-21-30(32)27-16-6-2-7-17-27/h1-25H/b25-24+. The Kier molecular flexibility index (Phi) is 6.13. The largest absolute Gasteiger partial charge is 0.309 e. The van der Waals surface area contributed by atoms with E-state index in [-0.39, 0.29) is 0 Å². The minimum atomic E-state index is 1.13. The van der Waals surface area contributed by atoms with Crippen LogP contribution in [-0.4, -0.2) is 0 Å². The summed E-state index contributed by atoms with van der Waals surface area (Å²) in [5.74, 6) is 0. The summed E-state index contributed by atoms with van der Waals surface area (Å²) in [7, 11) is 0. The van der Waals surface area contributed by atoms with E-state index < -0.39 is 0 Å². The molecule has 5 aromatic rings. The van der Waals surface area contributed by atoms with E-state index in [0.717, 1.165) is 22.6 Å². The fourth-order valence-corrected chi connectivity index (χ4v) is 4.10. The van der Waals surface area contributed by atoms with Crippen molar-refractivity contribution in [3.63, 3.8) is 0 Å². The van der Waals surface area contributed by atoms with Gasteiger partial charge in [-0.1, -0.05) is 127 Å². The van der Waals surface area contributed by atoms with Gasteiger partial charge in [-0.05, 0) is 41.0 Å². The van der Waals surface area contributed by atoms with Crippen LogP contribution in [0, 0.1) is 0 Å². The summed E-state index contributed by atoms with van der Waals surface area (Å²) >= 11 is 0. The van der Waals surface area contributed by atoms with Gasteiger partial charge in [0.05, 0.1) is 11.4 Å². The molecule has 0 aliphatic heterocycles. The van der Waals surface area contributed by atoms with Crippen LogP contribution in [0.2, 0.25) is 0 Å². The first-order chi connectivity index (χ1) is 16.4. The van der Waals surface area contributed by atoms with Crippen molar-refractivity contribution in [2.24, 2.45) is 0 Å². The average molecular weight is 424 g/mol. The smallest absolute Gasteiger partial charge is 0.0540 e. The molecule has 0 saturated heterocycles. The molecule has 0 unspecified atom stereocenters. The molecule has 158 valence electrons. The number of hydrogen-bond acceptors (Lipinski definition) is 1. The monoisotopic (exact) mass is 423 g/mol. The first-order valence-electron chi connectivity index (χ1n) is 11.2. The third-order valence-electron chi connectivity index (χ3n) is 5.68. The quantitative estimate of drug-likeness (QED) is 0.246. The van der Waals surface area contributed by atoms with E-state index >= 15 is 0 Å². The molecule has 0 N–H and O–H groups in total. The fourth-order valence-electron chi connectivity index (χ4n) is 4.10. The summed E-state index contributed by atoms with van der Waals surface area (Å²) in [4.78, 5) is 2.35. The zero-order chi connectivity index (χ0) is 22.3. The SMILES string of the molecule is C(=C\c1ccccc1N(c1ccccc1)c1ccccc1-c1ccccc1)/c1ccccc1. The Morgan fingerprint density at radius 3 is 1.70 bits per heavy atom. The van der Waals surface area contributed by atoms with Gasteiger partial charge in [-0.25, -0.2) is 0 Å². The van der Waals surface area contributed by atoms with Crippen molar-refractivity contribution in [1.82, 2.24) is 0 Å². The lowest BCUT2D eigenvalue weighted by molar-refractivity contribution is 1.28. The van der Waals surface area contributed by atoms with E-state index in [9.17, 15) is 0 Å². The van der Waals surface area contributed by atoms with Crippen LogP contribution in [0.15, 0.2) is 140 Å². The van der Waals surface area contributed by atoms with Crippen LogP contribution in [0.5, 0.6) is 0 Å². The molecule has 5 rings (SSSR count). The molecule has 0 heterocycles. The molecule has 0 aliphatic carbocycles. The van der Waals surface area contributed by atoms with Gasteiger partial charge in [0.15, 0.2) is 0 Å². The second-order valence-corrected chi connectivity index (χ2v) is 7.86. The predicted octanol–water partition coefficient (Wildman–Crippen LogP) is 8.99. The van der Waals surface area contributed by atoms with Gasteiger partial charge in [0.1, 0.15) is 0 Å². The minimum Gasteiger partial charge on any atom is -0.309 e. The van der Waals surface area contributed by atoms with Crippen molar-refractivity contribution in [1.29, 1.82) is 0 Å². The molecule has 1 nitrogen and oxygen atoms in total. The van der Waals surface area contributed by atoms with Gasteiger partial charge in [0, 0.05) is 11.3 Å². The third-order valence-corrected chi connectivity index (χ3v) is 5.68. The summed E-state index contributed by atoms with van der Waals surface area (Å²) in [6.45, 7) is 0. The molecule has 1 heteroatoms. The van der Waals surface area contributed by atoms with Crippen LogP contribution in [0.3, 0.4) is 0 Å². The van der Waals surface area contributed by atoms with Gasteiger partial charge in [0.25, 0.3) is 0 Å². The molecule has 33 heavy (non-hydrogen) atoms. The molecule has 0 aliphatic rings. The molecular weight excluding hydrogens is 398 g/mol. The van der Waals surface area contributed by atoms with Crippen molar-refractivity contribution >= 4 is 29.2 Å². The maximum atomic E-state index is 2.35. The molecule has 0 saturated carbocycles. The molecule has 0 radical (unpaired) electrons. The number of benzene rings is 5. The van der Waals surface area contributed by atoms with Gasteiger partial charge >= 0.3 is 0 Å². The molecule has 0 bridgehead atoms. The first kappa shape index (κ1) is 20.5. The Morgan fingerprint density at radius 2 is 0.970 bits per heavy atom. The maximum Gasteiger partial charge on any atom is 0.0540 e. The number of nitrogens with zero attached hydrogens (tertiary/aromatic N) is 1. The van der Waals surface area contributed by atoms with Crippen LogP contribution < -0.4 is 4.90 Å². The van der Waals surface area contributed by atoms with Gasteiger partial charge < -0.3 is 4.90 Å². The highest BCUT2D eigenvalue weighted by Crippen LogP contribution is 2.42. The van der Waals surface area contributed by atoms with Crippen LogP contribution in [-0.2, 0) is 0 Å². The molecular formula is C32H25N. The topological polar surface area (TPSA) is 3.24 Å². The van der Waals surface area contributed by atoms with Crippen LogP contribution in [0.1, 0.15) is 11.1 Å². The highest BCUT2D eigenvalue weighted by atomic mass is 15.1. The number of rotatable bonds is 6. The van der Waals surface area contributed by atoms with Crippen LogP contribution in [0.4, 0.5) is 17.1 Å². The zero-order valence-corrected chi connectivity index (χ0v) is 18.4. The minimum absolute atomic E-state index is 1.13. The summed E-state index contributed by atoms with van der Waals surface area (Å²) in [5, 5.41) is 0. The maximum absolute atomic E-state index is 2.35. The predicted molar refractivity (Wildman–Crippen MR) is 142 cm³/mol. The van der Waals surface area contributed by atoms with Gasteiger partial charge in [-0.15, -0.1) is 0 Å². The molecule has 0 atom stereocenters. The second-order valence-electron chi connectivity index (χ2n) is 7.86. The number of anilines is 3. The number of hydrogen-bond donors (Lipinski definition) is 0. The summed E-state index contributed by atoms with van der Waals surface area (Å²) in [6, 6.07) is 48.8. The Bertz CT molecular complexity index is 1340. The molecule has 0 fully saturated rings. The van der Waals surface area contributed by atoms with Gasteiger partial charge in [-0.3, -0.25) is 0 Å². The molecule has 0 aromatic heterocycles. The average Bonchev–Trinajstić information content (AvgIpc) is 2.90. The van der Waals surface area contributed by atoms with E-state index in [1.165, 1.54) is 16.7 Å². The molecule has 0 spiro atoms. The van der Waals surface area contributed by atoms with E-state index in [1.54, 1.807) is 0 Å². The summed E-state index contributed by atoms with van der Waals surface area (Å²) < 4.78 is 0. The lowest BCUT2D eigenvalue weighted by Gasteiger charge is -2.29. The third kappa shape index (κ3) is 4.63. The van der Waals surface area contributed by atoms with E-state index in [0.29, 0.717) is 0 Å². The Morgan fingerprint density at radius 1 is 0.424 bits per heavy atom. The summed E-state index contributed by atoms with van der Waals surface area (Å²) in [6.07, 6.45) is 4.37. The molecule has 0 amide bonds. The Balaban J connectivity index is 1.68. The summed E-state index contributed by atoms with van der Waals surface area (Å²) in [5.41, 5.74) is 8.16. The van der Waals surface area contributed by atoms with E-state index in [2.05, 4.69) is 151 Å². The Labute approximate surface area is 195 Å². The van der Waals surface area contributed by atoms with E-state index in [1.807, 2.05) is 6.07 Å². The van der Waals surface area contributed by atoms with Crippen molar-refractivity contribution in [2.75, 3.05) is 4.90 Å². The normalized spacial score (nSPS) is 10.9. The van der Waals surface area contributed by atoms with Gasteiger partial charge in [0.2, 0.25) is 0 Å². The van der Waals surface area contributed by atoms with Crippen molar-refractivity contribution in [3.8, 4) is 11.1 Å². The highest BCUT2D eigenvalue weighted by Gasteiger charge is 2.18. The number of para-hydroxylation sites is 3. The van der Waals surface area contributed by atoms with Crippen molar-refractivity contribution in [3.05, 3.63) is 151 Å². The van der Waals surface area contributed by atoms with Crippen molar-refractivity contribution in [2.45, 2.75) is 0 Å². The van der Waals surface area contributed by atoms with E-state index in [4.69, 9.17) is 0 Å². The van der Waals surface area contributed by atoms with Crippen LogP contribution >= 0.6 is 0 Å². The fraction of sp³-hybridized carbons (Fsp3) is 0. The Hall–Kier alpha value is -4.36. The van der Waals surface area contributed by atoms with Crippen molar-refractivity contribution < 1.29 is 0 Å². The highest BCUT2D eigenvalue weighted by molar-refractivity contribution is 5.91. The zero-order valence-electron chi connectivity index (χ0n) is 18.4. The molecule has 5 aromatic carbocycles. The lowest BCUT2D eigenvalue weighted by atomic mass is 10.0.